The van der Waals surface area contributed by atoms with Gasteiger partial charge in [0.1, 0.15) is 12.3 Å². The number of halogens is 1. The molecule has 1 aromatic carbocycles. The van der Waals surface area contributed by atoms with Gasteiger partial charge in [0.05, 0.1) is 41.0 Å². The number of pyridine rings is 1. The smallest absolute Gasteiger partial charge is 0.404 e. The van der Waals surface area contributed by atoms with Gasteiger partial charge in [-0.05, 0) is 30.5 Å². The summed E-state index contributed by atoms with van der Waals surface area (Å²) in [6, 6.07) is 7.31. The topological polar surface area (TPSA) is 166 Å². The SMILES string of the molecule is CN(C(=O)CO)c1ccc(-c2c(-c3cn(C)nc3F)[nH]c3ncc4c(c23)n(C2CCCC2)c(=O)n4C)cc1.COC(N)=O. The number of imidazole rings is 1. The van der Waals surface area contributed by atoms with Crippen LogP contribution in [0.3, 0.4) is 0 Å². The largest absolute Gasteiger partial charge is 0.453 e. The van der Waals surface area contributed by atoms with Crippen molar-refractivity contribution in [2.75, 3.05) is 25.7 Å². The second-order valence-electron chi connectivity index (χ2n) is 10.4. The van der Waals surface area contributed by atoms with Crippen molar-refractivity contribution in [1.29, 1.82) is 0 Å². The molecule has 1 saturated carbocycles. The molecule has 0 aliphatic heterocycles. The Morgan fingerprint density at radius 3 is 2.42 bits per heavy atom. The molecule has 13 nitrogen and oxygen atoms in total. The summed E-state index contributed by atoms with van der Waals surface area (Å²) in [5, 5.41) is 13.9. The number of ether oxygens (including phenoxy) is 1. The minimum atomic E-state index is -0.745. The van der Waals surface area contributed by atoms with Gasteiger partial charge in [0.25, 0.3) is 5.91 Å². The van der Waals surface area contributed by atoms with Gasteiger partial charge in [-0.15, -0.1) is 5.10 Å². The number of hydrogen-bond acceptors (Lipinski definition) is 7. The molecule has 43 heavy (non-hydrogen) atoms. The van der Waals surface area contributed by atoms with Crippen LogP contribution in [0, 0.1) is 5.95 Å². The molecule has 0 unspecified atom stereocenters. The second-order valence-corrected chi connectivity index (χ2v) is 10.4. The zero-order chi connectivity index (χ0) is 31.0. The molecule has 0 spiro atoms. The molecule has 2 amide bonds. The number of aryl methyl sites for hydroxylation is 2. The molecule has 0 radical (unpaired) electrons. The van der Waals surface area contributed by atoms with Gasteiger partial charge >= 0.3 is 11.8 Å². The molecule has 0 bridgehead atoms. The van der Waals surface area contributed by atoms with E-state index < -0.39 is 24.6 Å². The number of carbonyl (C=O) groups is 2. The molecule has 226 valence electrons. The molecule has 6 rings (SSSR count). The highest BCUT2D eigenvalue weighted by molar-refractivity contribution is 6.14. The third-order valence-corrected chi connectivity index (χ3v) is 7.87. The van der Waals surface area contributed by atoms with Crippen molar-refractivity contribution in [3.05, 3.63) is 53.1 Å². The number of nitrogens with one attached hydrogen (secondary N) is 1. The van der Waals surface area contributed by atoms with Gasteiger partial charge in [0, 0.05) is 44.6 Å². The number of carbonyl (C=O) groups excluding carboxylic acids is 2. The molecular formula is C29H33FN8O5. The molecule has 4 N–H and O–H groups in total. The molecule has 1 fully saturated rings. The summed E-state index contributed by atoms with van der Waals surface area (Å²) in [5.74, 6) is -1.05. The van der Waals surface area contributed by atoms with Crippen molar-refractivity contribution in [3.63, 3.8) is 0 Å². The lowest BCUT2D eigenvalue weighted by molar-refractivity contribution is -0.120. The van der Waals surface area contributed by atoms with Crippen LogP contribution >= 0.6 is 0 Å². The quantitative estimate of drug-likeness (QED) is 0.282. The summed E-state index contributed by atoms with van der Waals surface area (Å²) in [4.78, 5) is 44.2. The summed E-state index contributed by atoms with van der Waals surface area (Å²) in [5.41, 5.74) is 9.21. The Morgan fingerprint density at radius 2 is 1.86 bits per heavy atom. The molecule has 1 aliphatic rings. The number of fused-ring (bicyclic) bond motifs is 3. The van der Waals surface area contributed by atoms with E-state index in [0.29, 0.717) is 28.1 Å². The van der Waals surface area contributed by atoms with Crippen molar-refractivity contribution in [3.8, 4) is 22.4 Å². The third kappa shape index (κ3) is 5.25. The number of aliphatic hydroxyl groups excluding tert-OH is 1. The van der Waals surface area contributed by atoms with E-state index in [9.17, 15) is 19.5 Å². The highest BCUT2D eigenvalue weighted by atomic mass is 19.1. The molecule has 4 heterocycles. The second kappa shape index (κ2) is 11.7. The number of amides is 2. The van der Waals surface area contributed by atoms with Crippen LogP contribution in [0.2, 0.25) is 0 Å². The van der Waals surface area contributed by atoms with Gasteiger partial charge < -0.3 is 25.5 Å². The minimum absolute atomic E-state index is 0.0821. The average molecular weight is 593 g/mol. The van der Waals surface area contributed by atoms with E-state index in [0.717, 1.165) is 42.1 Å². The number of methoxy groups -OCH3 is 1. The Kier molecular flexibility index (Phi) is 8.04. The Morgan fingerprint density at radius 1 is 1.21 bits per heavy atom. The number of rotatable bonds is 5. The van der Waals surface area contributed by atoms with E-state index in [1.54, 1.807) is 50.2 Å². The van der Waals surface area contributed by atoms with E-state index in [2.05, 4.69) is 25.5 Å². The van der Waals surface area contributed by atoms with Gasteiger partial charge in [-0.1, -0.05) is 25.0 Å². The normalized spacial score (nSPS) is 13.3. The zero-order valence-electron chi connectivity index (χ0n) is 24.3. The molecule has 1 aliphatic carbocycles. The standard InChI is InChI=1S/C27H28FN7O3.C2H5NO2/c1-32-13-18(25(28)31-32)23-21(15-8-10-16(11-9-15)33(2)20(37)14-36)22-24-19(12-29-26(22)30-23)34(3)27(38)35(24)17-6-4-5-7-17;1-5-2(3)4/h8-13,17,36H,4-7,14H2,1-3H3,(H,29,30);1H3,(H2,3,4). The summed E-state index contributed by atoms with van der Waals surface area (Å²) < 4.78 is 23.8. The average Bonchev–Trinajstić information content (AvgIpc) is 3.78. The van der Waals surface area contributed by atoms with Crippen LogP contribution in [-0.2, 0) is 23.6 Å². The summed E-state index contributed by atoms with van der Waals surface area (Å²) in [7, 11) is 6.22. The van der Waals surface area contributed by atoms with Gasteiger partial charge in [-0.25, -0.2) is 14.6 Å². The first-order chi connectivity index (χ1) is 20.6. The van der Waals surface area contributed by atoms with E-state index in [1.165, 1.54) is 16.7 Å². The first-order valence-corrected chi connectivity index (χ1v) is 13.7. The van der Waals surface area contributed by atoms with Gasteiger partial charge in [0.15, 0.2) is 0 Å². The van der Waals surface area contributed by atoms with Gasteiger partial charge in [-0.2, -0.15) is 4.39 Å². The molecular weight excluding hydrogens is 559 g/mol. The lowest BCUT2D eigenvalue weighted by Crippen LogP contribution is -2.28. The van der Waals surface area contributed by atoms with Crippen LogP contribution in [0.5, 0.6) is 0 Å². The molecule has 14 heteroatoms. The number of benzene rings is 1. The molecule has 5 aromatic rings. The summed E-state index contributed by atoms with van der Waals surface area (Å²) in [6.07, 6.45) is 6.53. The molecule has 0 atom stereocenters. The van der Waals surface area contributed by atoms with Crippen LogP contribution in [0.1, 0.15) is 31.7 Å². The van der Waals surface area contributed by atoms with E-state index in [-0.39, 0.29) is 17.3 Å². The maximum atomic E-state index is 15.0. The maximum absolute atomic E-state index is 15.0. The van der Waals surface area contributed by atoms with Crippen molar-refractivity contribution in [1.82, 2.24) is 28.9 Å². The number of hydrogen-bond donors (Lipinski definition) is 3. The number of aromatic amines is 1. The Bertz CT molecular complexity index is 1880. The lowest BCUT2D eigenvalue weighted by atomic mass is 9.99. The molecule has 4 aromatic heterocycles. The van der Waals surface area contributed by atoms with Crippen LogP contribution in [0.4, 0.5) is 14.9 Å². The highest BCUT2D eigenvalue weighted by Gasteiger charge is 2.28. The highest BCUT2D eigenvalue weighted by Crippen LogP contribution is 2.43. The van der Waals surface area contributed by atoms with Gasteiger partial charge in [-0.3, -0.25) is 18.6 Å². The number of aromatic nitrogens is 6. The predicted octanol–water partition coefficient (Wildman–Crippen LogP) is 3.20. The van der Waals surface area contributed by atoms with Crippen molar-refractivity contribution < 1.29 is 23.8 Å². The maximum Gasteiger partial charge on any atom is 0.404 e. The first-order valence-electron chi connectivity index (χ1n) is 13.7. The number of nitrogens with two attached hydrogens (primary N) is 1. The Balaban J connectivity index is 0.000000682. The van der Waals surface area contributed by atoms with Gasteiger partial charge in [0.2, 0.25) is 5.95 Å². The fourth-order valence-corrected chi connectivity index (χ4v) is 5.70. The number of aliphatic hydroxyl groups is 1. The fraction of sp³-hybridized carbons (Fsp3) is 0.345. The zero-order valence-corrected chi connectivity index (χ0v) is 24.3. The lowest BCUT2D eigenvalue weighted by Gasteiger charge is -2.16. The van der Waals surface area contributed by atoms with E-state index in [1.807, 2.05) is 16.7 Å². The predicted molar refractivity (Wildman–Crippen MR) is 159 cm³/mol. The summed E-state index contributed by atoms with van der Waals surface area (Å²) in [6.45, 7) is -0.596. The van der Waals surface area contributed by atoms with Crippen molar-refractivity contribution >= 4 is 39.8 Å². The van der Waals surface area contributed by atoms with E-state index >= 15 is 4.39 Å². The number of primary amides is 1. The molecule has 0 saturated heterocycles. The van der Waals surface area contributed by atoms with Crippen molar-refractivity contribution in [2.45, 2.75) is 31.7 Å². The number of anilines is 1. The van der Waals surface area contributed by atoms with Crippen LogP contribution < -0.4 is 16.3 Å². The number of likely N-dealkylation sites (N-methyl/N-ethyl adjacent to an activating group) is 1. The van der Waals surface area contributed by atoms with Crippen LogP contribution in [-0.4, -0.2) is 66.8 Å². The first kappa shape index (κ1) is 29.5. The third-order valence-electron chi connectivity index (χ3n) is 7.87. The Hall–Kier alpha value is -4.98. The van der Waals surface area contributed by atoms with Crippen LogP contribution in [0.15, 0.2) is 41.5 Å². The van der Waals surface area contributed by atoms with Crippen LogP contribution in [0.25, 0.3) is 44.5 Å². The monoisotopic (exact) mass is 592 g/mol. The van der Waals surface area contributed by atoms with E-state index in [4.69, 9.17) is 0 Å². The number of nitrogens with zero attached hydrogens (tertiary/aromatic N) is 6. The summed E-state index contributed by atoms with van der Waals surface area (Å²) >= 11 is 0. The number of H-pyrrole nitrogens is 1. The van der Waals surface area contributed by atoms with Crippen molar-refractivity contribution in [2.24, 2.45) is 19.8 Å². The Labute approximate surface area is 245 Å². The minimum Gasteiger partial charge on any atom is -0.453 e. The fourth-order valence-electron chi connectivity index (χ4n) is 5.70.